The Kier molecular flexibility index (Phi) is 5.69. The molecule has 2 aromatic carbocycles. The Balaban J connectivity index is 2.05. The van der Waals surface area contributed by atoms with Crippen molar-refractivity contribution in [1.29, 1.82) is 0 Å². The molecule has 0 heterocycles. The van der Waals surface area contributed by atoms with Crippen LogP contribution in [0.3, 0.4) is 0 Å². The second-order valence-electron chi connectivity index (χ2n) is 5.90. The Morgan fingerprint density at radius 2 is 2.04 bits per heavy atom. The topological polar surface area (TPSA) is 81.5 Å². The lowest BCUT2D eigenvalue weighted by Gasteiger charge is -2.16. The lowest BCUT2D eigenvalue weighted by Crippen LogP contribution is -2.21. The predicted molar refractivity (Wildman–Crippen MR) is 92.4 cm³/mol. The third-order valence-electron chi connectivity index (χ3n) is 3.68. The molecular formula is C18H19FN2O4. The Bertz CT molecular complexity index is 806. The maximum absolute atomic E-state index is 13.5. The summed E-state index contributed by atoms with van der Waals surface area (Å²) in [7, 11) is 0. The van der Waals surface area contributed by atoms with E-state index in [1.165, 1.54) is 6.07 Å². The number of aryl methyl sites for hydroxylation is 1. The van der Waals surface area contributed by atoms with Crippen molar-refractivity contribution >= 4 is 17.3 Å². The number of anilines is 1. The summed E-state index contributed by atoms with van der Waals surface area (Å²) in [4.78, 5) is 21.9. The Labute approximate surface area is 144 Å². The standard InChI is InChI=1S/C18H19FN2O4/c1-11(2)14-6-4-5-12(3)18(14)20-17(22)10-25-13-7-8-16(21(23)24)15(19)9-13/h4-9,11H,10H2,1-3H3,(H,20,22). The molecule has 0 aromatic heterocycles. The number of benzene rings is 2. The predicted octanol–water partition coefficient (Wildman–Crippen LogP) is 4.18. The zero-order valence-corrected chi connectivity index (χ0v) is 14.2. The van der Waals surface area contributed by atoms with Crippen LogP contribution >= 0.6 is 0 Å². The molecule has 0 saturated heterocycles. The number of nitrogens with zero attached hydrogens (tertiary/aromatic N) is 1. The average molecular weight is 346 g/mol. The molecular weight excluding hydrogens is 327 g/mol. The molecule has 1 amide bonds. The molecule has 0 saturated carbocycles. The first kappa shape index (κ1) is 18.4. The van der Waals surface area contributed by atoms with Crippen molar-refractivity contribution in [3.05, 3.63) is 63.5 Å². The second kappa shape index (κ2) is 7.74. The lowest BCUT2D eigenvalue weighted by molar-refractivity contribution is -0.387. The summed E-state index contributed by atoms with van der Waals surface area (Å²) in [6.45, 7) is 5.62. The number of carbonyl (C=O) groups excluding carboxylic acids is 1. The van der Waals surface area contributed by atoms with E-state index in [2.05, 4.69) is 5.32 Å². The highest BCUT2D eigenvalue weighted by atomic mass is 19.1. The van der Waals surface area contributed by atoms with E-state index < -0.39 is 22.3 Å². The fraction of sp³-hybridized carbons (Fsp3) is 0.278. The minimum Gasteiger partial charge on any atom is -0.484 e. The zero-order chi connectivity index (χ0) is 18.6. The van der Waals surface area contributed by atoms with Crippen molar-refractivity contribution in [2.24, 2.45) is 0 Å². The van der Waals surface area contributed by atoms with Crippen LogP contribution in [0.15, 0.2) is 36.4 Å². The van der Waals surface area contributed by atoms with Crippen LogP contribution in [0.1, 0.15) is 30.9 Å². The van der Waals surface area contributed by atoms with Crippen LogP contribution < -0.4 is 10.1 Å². The summed E-state index contributed by atoms with van der Waals surface area (Å²) in [5.41, 5.74) is 2.04. The summed E-state index contributed by atoms with van der Waals surface area (Å²) < 4.78 is 18.8. The van der Waals surface area contributed by atoms with Crippen LogP contribution in [-0.4, -0.2) is 17.4 Å². The number of hydrogen-bond donors (Lipinski definition) is 1. The third kappa shape index (κ3) is 4.53. The van der Waals surface area contributed by atoms with Gasteiger partial charge in [0, 0.05) is 17.8 Å². The number of nitro benzene ring substituents is 1. The first-order chi connectivity index (χ1) is 11.8. The molecule has 25 heavy (non-hydrogen) atoms. The van der Waals surface area contributed by atoms with Crippen molar-refractivity contribution in [2.75, 3.05) is 11.9 Å². The van der Waals surface area contributed by atoms with Gasteiger partial charge in [0.05, 0.1) is 4.92 Å². The molecule has 0 atom stereocenters. The van der Waals surface area contributed by atoms with Crippen LogP contribution in [0, 0.1) is 22.9 Å². The highest BCUT2D eigenvalue weighted by molar-refractivity contribution is 5.93. The maximum atomic E-state index is 13.5. The number of nitrogens with one attached hydrogen (secondary N) is 1. The second-order valence-corrected chi connectivity index (χ2v) is 5.90. The maximum Gasteiger partial charge on any atom is 0.305 e. The summed E-state index contributed by atoms with van der Waals surface area (Å²) in [6.07, 6.45) is 0. The molecule has 0 aliphatic rings. The van der Waals surface area contributed by atoms with E-state index >= 15 is 0 Å². The molecule has 0 aliphatic heterocycles. The van der Waals surface area contributed by atoms with Gasteiger partial charge >= 0.3 is 5.69 Å². The van der Waals surface area contributed by atoms with E-state index in [1.807, 2.05) is 39.0 Å². The van der Waals surface area contributed by atoms with Gasteiger partial charge in [-0.2, -0.15) is 4.39 Å². The fourth-order valence-corrected chi connectivity index (χ4v) is 2.39. The van der Waals surface area contributed by atoms with Gasteiger partial charge in [-0.15, -0.1) is 0 Å². The molecule has 1 N–H and O–H groups in total. The van der Waals surface area contributed by atoms with E-state index in [1.54, 1.807) is 0 Å². The average Bonchev–Trinajstić information content (AvgIpc) is 2.54. The Morgan fingerprint density at radius 1 is 1.32 bits per heavy atom. The van der Waals surface area contributed by atoms with Crippen LogP contribution in [0.25, 0.3) is 0 Å². The number of amides is 1. The quantitative estimate of drug-likeness (QED) is 0.628. The first-order valence-corrected chi connectivity index (χ1v) is 7.75. The number of hydrogen-bond acceptors (Lipinski definition) is 4. The highest BCUT2D eigenvalue weighted by Gasteiger charge is 2.16. The first-order valence-electron chi connectivity index (χ1n) is 7.75. The fourth-order valence-electron chi connectivity index (χ4n) is 2.39. The van der Waals surface area contributed by atoms with E-state index in [9.17, 15) is 19.3 Å². The number of carbonyl (C=O) groups is 1. The molecule has 0 fully saturated rings. The Hall–Kier alpha value is -2.96. The van der Waals surface area contributed by atoms with Crippen LogP contribution in [0.5, 0.6) is 5.75 Å². The molecule has 0 unspecified atom stereocenters. The zero-order valence-electron chi connectivity index (χ0n) is 14.2. The molecule has 0 aliphatic carbocycles. The SMILES string of the molecule is Cc1cccc(C(C)C)c1NC(=O)COc1ccc([N+](=O)[O-])c(F)c1. The Morgan fingerprint density at radius 3 is 2.64 bits per heavy atom. The van der Waals surface area contributed by atoms with Gasteiger partial charge in [0.15, 0.2) is 6.61 Å². The minimum absolute atomic E-state index is 0.0483. The minimum atomic E-state index is -1.01. The molecule has 7 heteroatoms. The summed E-state index contributed by atoms with van der Waals surface area (Å²) in [6, 6.07) is 8.91. The van der Waals surface area contributed by atoms with Gasteiger partial charge in [-0.1, -0.05) is 32.0 Å². The molecule has 0 bridgehead atoms. The van der Waals surface area contributed by atoms with Crippen LogP contribution in [0.2, 0.25) is 0 Å². The van der Waals surface area contributed by atoms with Crippen molar-refractivity contribution in [2.45, 2.75) is 26.7 Å². The van der Waals surface area contributed by atoms with Gasteiger partial charge in [-0.25, -0.2) is 0 Å². The number of nitro groups is 1. The number of ether oxygens (including phenoxy) is 1. The van der Waals surface area contributed by atoms with Gasteiger partial charge in [-0.05, 0) is 30.0 Å². The molecule has 0 radical (unpaired) electrons. The van der Waals surface area contributed by atoms with Crippen molar-refractivity contribution in [1.82, 2.24) is 0 Å². The van der Waals surface area contributed by atoms with Crippen molar-refractivity contribution in [3.63, 3.8) is 0 Å². The van der Waals surface area contributed by atoms with Crippen LogP contribution in [-0.2, 0) is 4.79 Å². The number of para-hydroxylation sites is 1. The number of rotatable bonds is 6. The smallest absolute Gasteiger partial charge is 0.305 e. The van der Waals surface area contributed by atoms with E-state index in [0.717, 1.165) is 28.9 Å². The van der Waals surface area contributed by atoms with E-state index in [-0.39, 0.29) is 18.3 Å². The normalized spacial score (nSPS) is 10.6. The molecule has 2 aromatic rings. The van der Waals surface area contributed by atoms with E-state index in [0.29, 0.717) is 0 Å². The number of halogens is 1. The van der Waals surface area contributed by atoms with Crippen molar-refractivity contribution < 1.29 is 18.8 Å². The van der Waals surface area contributed by atoms with E-state index in [4.69, 9.17) is 4.74 Å². The largest absolute Gasteiger partial charge is 0.484 e. The summed E-state index contributed by atoms with van der Waals surface area (Å²) in [5, 5.41) is 13.4. The molecule has 0 spiro atoms. The summed E-state index contributed by atoms with van der Waals surface area (Å²) >= 11 is 0. The molecule has 132 valence electrons. The van der Waals surface area contributed by atoms with Gasteiger partial charge in [0.25, 0.3) is 5.91 Å². The van der Waals surface area contributed by atoms with Gasteiger partial charge in [-0.3, -0.25) is 14.9 Å². The third-order valence-corrected chi connectivity index (χ3v) is 3.68. The highest BCUT2D eigenvalue weighted by Crippen LogP contribution is 2.27. The molecule has 2 rings (SSSR count). The van der Waals surface area contributed by atoms with Crippen LogP contribution in [0.4, 0.5) is 15.8 Å². The monoisotopic (exact) mass is 346 g/mol. The summed E-state index contributed by atoms with van der Waals surface area (Å²) in [5.74, 6) is -1.12. The van der Waals surface area contributed by atoms with Gasteiger partial charge < -0.3 is 10.1 Å². The van der Waals surface area contributed by atoms with Gasteiger partial charge in [0.2, 0.25) is 5.82 Å². The lowest BCUT2D eigenvalue weighted by atomic mass is 9.98. The van der Waals surface area contributed by atoms with Crippen molar-refractivity contribution in [3.8, 4) is 5.75 Å². The molecule has 6 nitrogen and oxygen atoms in total. The van der Waals surface area contributed by atoms with Gasteiger partial charge in [0.1, 0.15) is 5.75 Å².